The maximum atomic E-state index is 10.6. The number of nitro groups is 1. The van der Waals surface area contributed by atoms with E-state index < -0.39 is 4.92 Å². The third-order valence-corrected chi connectivity index (χ3v) is 3.08. The number of benzene rings is 1. The van der Waals surface area contributed by atoms with Gasteiger partial charge in [-0.3, -0.25) is 10.1 Å². The van der Waals surface area contributed by atoms with E-state index in [4.69, 9.17) is 10.5 Å². The van der Waals surface area contributed by atoms with Gasteiger partial charge in [0.05, 0.1) is 16.3 Å². The summed E-state index contributed by atoms with van der Waals surface area (Å²) in [5.74, 6) is 0.790. The Morgan fingerprint density at radius 1 is 1.47 bits per heavy atom. The second-order valence-electron chi connectivity index (χ2n) is 4.83. The van der Waals surface area contributed by atoms with E-state index in [2.05, 4.69) is 5.32 Å². The van der Waals surface area contributed by atoms with Crippen LogP contribution in [0.3, 0.4) is 0 Å². The first-order chi connectivity index (χ1) is 9.16. The Bertz CT molecular complexity index is 447. The minimum Gasteiger partial charge on any atom is -0.397 e. The van der Waals surface area contributed by atoms with Crippen LogP contribution >= 0.6 is 0 Å². The van der Waals surface area contributed by atoms with Crippen LogP contribution in [0, 0.1) is 16.0 Å². The van der Waals surface area contributed by atoms with Crippen LogP contribution in [-0.4, -0.2) is 24.7 Å². The lowest BCUT2D eigenvalue weighted by molar-refractivity contribution is -0.384. The lowest BCUT2D eigenvalue weighted by Crippen LogP contribution is -2.08. The van der Waals surface area contributed by atoms with Crippen LogP contribution in [0.25, 0.3) is 0 Å². The number of nitro benzene ring substituents is 1. The van der Waals surface area contributed by atoms with Crippen LogP contribution in [0.15, 0.2) is 18.2 Å². The van der Waals surface area contributed by atoms with Gasteiger partial charge in [-0.25, -0.2) is 0 Å². The van der Waals surface area contributed by atoms with Crippen molar-refractivity contribution < 1.29 is 9.66 Å². The Kier molecular flexibility index (Phi) is 4.57. The smallest absolute Gasteiger partial charge is 0.271 e. The van der Waals surface area contributed by atoms with Crippen molar-refractivity contribution in [3.63, 3.8) is 0 Å². The number of nitrogen functional groups attached to an aromatic ring is 1. The molecule has 0 spiro atoms. The highest BCUT2D eigenvalue weighted by molar-refractivity contribution is 5.69. The molecule has 0 saturated heterocycles. The first-order valence-electron chi connectivity index (χ1n) is 6.52. The predicted octanol–water partition coefficient (Wildman–Crippen LogP) is 2.41. The van der Waals surface area contributed by atoms with Crippen molar-refractivity contribution in [1.29, 1.82) is 0 Å². The maximum Gasteiger partial charge on any atom is 0.271 e. The Morgan fingerprint density at radius 3 is 2.89 bits per heavy atom. The molecule has 0 unspecified atom stereocenters. The van der Waals surface area contributed by atoms with Crippen LogP contribution in [0.2, 0.25) is 0 Å². The molecule has 3 N–H and O–H groups in total. The number of rotatable bonds is 8. The molecule has 0 aliphatic heterocycles. The van der Waals surface area contributed by atoms with Crippen molar-refractivity contribution in [1.82, 2.24) is 0 Å². The van der Waals surface area contributed by atoms with Crippen molar-refractivity contribution in [3.8, 4) is 0 Å². The lowest BCUT2D eigenvalue weighted by atomic mass is 10.2. The molecule has 1 aromatic carbocycles. The van der Waals surface area contributed by atoms with Crippen molar-refractivity contribution in [2.24, 2.45) is 5.92 Å². The number of nitrogens with two attached hydrogens (primary N) is 1. The Labute approximate surface area is 112 Å². The van der Waals surface area contributed by atoms with Crippen LogP contribution < -0.4 is 11.1 Å². The number of ether oxygens (including phenoxy) is 1. The maximum absolute atomic E-state index is 10.6. The molecule has 1 aliphatic carbocycles. The van der Waals surface area contributed by atoms with Gasteiger partial charge in [0.2, 0.25) is 0 Å². The third kappa shape index (κ3) is 4.40. The minimum absolute atomic E-state index is 0.0100. The molecule has 2 rings (SSSR count). The fourth-order valence-corrected chi connectivity index (χ4v) is 1.76. The SMILES string of the molecule is Nc1cc([N+](=O)[O-])ccc1NCCCOCC1CC1. The summed E-state index contributed by atoms with van der Waals surface area (Å²) < 4.78 is 5.52. The van der Waals surface area contributed by atoms with E-state index >= 15 is 0 Å². The first kappa shape index (κ1) is 13.6. The van der Waals surface area contributed by atoms with E-state index in [9.17, 15) is 10.1 Å². The molecule has 1 saturated carbocycles. The molecule has 104 valence electrons. The second-order valence-corrected chi connectivity index (χ2v) is 4.83. The molecule has 0 heterocycles. The van der Waals surface area contributed by atoms with Crippen molar-refractivity contribution in [3.05, 3.63) is 28.3 Å². The number of nitrogens with zero attached hydrogens (tertiary/aromatic N) is 1. The zero-order chi connectivity index (χ0) is 13.7. The highest BCUT2D eigenvalue weighted by Crippen LogP contribution is 2.28. The van der Waals surface area contributed by atoms with Gasteiger partial charge in [0.25, 0.3) is 5.69 Å². The Hall–Kier alpha value is -1.82. The Morgan fingerprint density at radius 2 is 2.26 bits per heavy atom. The van der Waals surface area contributed by atoms with Crippen molar-refractivity contribution in [2.45, 2.75) is 19.3 Å². The summed E-state index contributed by atoms with van der Waals surface area (Å²) in [6.07, 6.45) is 3.50. The lowest BCUT2D eigenvalue weighted by Gasteiger charge is -2.09. The van der Waals surface area contributed by atoms with E-state index in [1.54, 1.807) is 6.07 Å². The van der Waals surface area contributed by atoms with Gasteiger partial charge in [0.15, 0.2) is 0 Å². The van der Waals surface area contributed by atoms with Crippen LogP contribution in [0.1, 0.15) is 19.3 Å². The average Bonchev–Trinajstić information content (AvgIpc) is 3.19. The molecule has 1 aliphatic rings. The van der Waals surface area contributed by atoms with Crippen molar-refractivity contribution >= 4 is 17.1 Å². The normalized spacial score (nSPS) is 14.3. The second kappa shape index (κ2) is 6.38. The zero-order valence-corrected chi connectivity index (χ0v) is 10.8. The highest BCUT2D eigenvalue weighted by Gasteiger charge is 2.20. The summed E-state index contributed by atoms with van der Waals surface area (Å²) in [5, 5.41) is 13.7. The molecule has 0 amide bonds. The molecule has 1 aromatic rings. The minimum atomic E-state index is -0.453. The zero-order valence-electron chi connectivity index (χ0n) is 10.8. The topological polar surface area (TPSA) is 90.4 Å². The van der Waals surface area contributed by atoms with E-state index in [1.165, 1.54) is 25.0 Å². The fraction of sp³-hybridized carbons (Fsp3) is 0.538. The molecular formula is C13H19N3O3. The van der Waals surface area contributed by atoms with Crippen molar-refractivity contribution in [2.75, 3.05) is 30.8 Å². The van der Waals surface area contributed by atoms with Gasteiger partial charge < -0.3 is 15.8 Å². The first-order valence-corrected chi connectivity index (χ1v) is 6.52. The van der Waals surface area contributed by atoms with Gasteiger partial charge >= 0.3 is 0 Å². The molecule has 19 heavy (non-hydrogen) atoms. The summed E-state index contributed by atoms with van der Waals surface area (Å²) >= 11 is 0. The molecule has 0 bridgehead atoms. The number of nitrogens with one attached hydrogen (secondary N) is 1. The number of non-ortho nitro benzene ring substituents is 1. The quantitative estimate of drug-likeness (QED) is 0.326. The largest absolute Gasteiger partial charge is 0.397 e. The monoisotopic (exact) mass is 265 g/mol. The Balaban J connectivity index is 1.68. The molecule has 6 heteroatoms. The number of hydrogen-bond acceptors (Lipinski definition) is 5. The summed E-state index contributed by atoms with van der Waals surface area (Å²) in [5.41, 5.74) is 6.89. The van der Waals surface area contributed by atoms with Crippen LogP contribution in [-0.2, 0) is 4.74 Å². The van der Waals surface area contributed by atoms with Gasteiger partial charge in [-0.05, 0) is 31.2 Å². The molecule has 1 fully saturated rings. The molecular weight excluding hydrogens is 246 g/mol. The van der Waals surface area contributed by atoms with E-state index in [1.807, 2.05) is 0 Å². The molecule has 0 radical (unpaired) electrons. The van der Waals surface area contributed by atoms with Crippen LogP contribution in [0.4, 0.5) is 17.1 Å². The van der Waals surface area contributed by atoms with Gasteiger partial charge in [-0.2, -0.15) is 0 Å². The number of anilines is 2. The third-order valence-electron chi connectivity index (χ3n) is 3.08. The van der Waals surface area contributed by atoms with E-state index in [-0.39, 0.29) is 5.69 Å². The predicted molar refractivity (Wildman–Crippen MR) is 74.2 cm³/mol. The summed E-state index contributed by atoms with van der Waals surface area (Å²) in [7, 11) is 0. The van der Waals surface area contributed by atoms with Gasteiger partial charge in [0.1, 0.15) is 0 Å². The molecule has 6 nitrogen and oxygen atoms in total. The average molecular weight is 265 g/mol. The summed E-state index contributed by atoms with van der Waals surface area (Å²) in [6.45, 7) is 2.35. The fourth-order valence-electron chi connectivity index (χ4n) is 1.76. The molecule has 0 atom stereocenters. The van der Waals surface area contributed by atoms with Gasteiger partial charge in [0, 0.05) is 31.9 Å². The summed E-state index contributed by atoms with van der Waals surface area (Å²) in [4.78, 5) is 10.1. The summed E-state index contributed by atoms with van der Waals surface area (Å²) in [6, 6.07) is 4.45. The van der Waals surface area contributed by atoms with Gasteiger partial charge in [-0.1, -0.05) is 0 Å². The van der Waals surface area contributed by atoms with E-state index in [0.717, 1.165) is 37.8 Å². The standard InChI is InChI=1S/C13H19N3O3/c14-12-8-11(16(17)18)4-5-13(12)15-6-1-7-19-9-10-2-3-10/h4-5,8,10,15H,1-3,6-7,9,14H2. The van der Waals surface area contributed by atoms with Gasteiger partial charge in [-0.15, -0.1) is 0 Å². The number of hydrogen-bond donors (Lipinski definition) is 2. The van der Waals surface area contributed by atoms with E-state index in [0.29, 0.717) is 5.69 Å². The van der Waals surface area contributed by atoms with Crippen LogP contribution in [0.5, 0.6) is 0 Å². The molecule has 0 aromatic heterocycles. The highest BCUT2D eigenvalue weighted by atomic mass is 16.6.